The van der Waals surface area contributed by atoms with Crippen molar-refractivity contribution < 1.29 is 14.7 Å². The molecule has 0 saturated carbocycles. The molecule has 1 atom stereocenters. The van der Waals surface area contributed by atoms with Gasteiger partial charge in [-0.2, -0.15) is 0 Å². The maximum absolute atomic E-state index is 12.1. The number of hydrogen-bond acceptors (Lipinski definition) is 4. The Morgan fingerprint density at radius 2 is 2.17 bits per heavy atom. The third-order valence-corrected chi connectivity index (χ3v) is 3.11. The third-order valence-electron chi connectivity index (χ3n) is 2.91. The second kappa shape index (κ2) is 5.30. The molecule has 6 nitrogen and oxygen atoms in total. The summed E-state index contributed by atoms with van der Waals surface area (Å²) < 4.78 is 0. The van der Waals surface area contributed by atoms with E-state index in [0.29, 0.717) is 19.4 Å². The van der Waals surface area contributed by atoms with Gasteiger partial charge in [-0.15, -0.1) is 10.2 Å². The Bertz CT molecular complexity index is 463. The summed E-state index contributed by atoms with van der Waals surface area (Å²) in [7, 11) is 0. The van der Waals surface area contributed by atoms with Crippen molar-refractivity contribution in [3.8, 4) is 0 Å². The van der Waals surface area contributed by atoms with Crippen LogP contribution in [0, 0.1) is 5.92 Å². The van der Waals surface area contributed by atoms with Crippen molar-refractivity contribution in [1.29, 1.82) is 0 Å². The first-order chi connectivity index (χ1) is 8.58. The second-order valence-electron chi connectivity index (χ2n) is 4.17. The van der Waals surface area contributed by atoms with E-state index in [1.54, 1.807) is 0 Å². The highest BCUT2D eigenvalue weighted by molar-refractivity contribution is 6.29. The highest BCUT2D eigenvalue weighted by Crippen LogP contribution is 2.18. The Morgan fingerprint density at radius 1 is 1.39 bits per heavy atom. The Balaban J connectivity index is 2.09. The topological polar surface area (TPSA) is 83.4 Å². The molecular formula is C11H12ClN3O3. The van der Waals surface area contributed by atoms with E-state index in [0.717, 1.165) is 0 Å². The molecule has 2 heterocycles. The molecule has 1 N–H and O–H groups in total. The number of carboxylic acids is 1. The Morgan fingerprint density at radius 3 is 2.78 bits per heavy atom. The molecule has 0 bridgehead atoms. The molecule has 0 aliphatic carbocycles. The molecule has 0 spiro atoms. The van der Waals surface area contributed by atoms with E-state index in [1.807, 2.05) is 0 Å². The minimum Gasteiger partial charge on any atom is -0.481 e. The predicted molar refractivity (Wildman–Crippen MR) is 63.3 cm³/mol. The lowest BCUT2D eigenvalue weighted by molar-refractivity contribution is -0.143. The Hall–Kier alpha value is -1.69. The maximum atomic E-state index is 12.1. The van der Waals surface area contributed by atoms with Crippen LogP contribution >= 0.6 is 11.6 Å². The van der Waals surface area contributed by atoms with Crippen molar-refractivity contribution in [2.75, 3.05) is 13.1 Å². The van der Waals surface area contributed by atoms with E-state index >= 15 is 0 Å². The first-order valence-corrected chi connectivity index (χ1v) is 5.97. The number of piperidine rings is 1. The summed E-state index contributed by atoms with van der Waals surface area (Å²) in [6.07, 6.45) is 1.29. The molecule has 96 valence electrons. The standard InChI is InChI=1S/C11H12ClN3O3/c12-9-4-3-8(13-14-9)10(16)15-5-1-2-7(6-15)11(17)18/h3-4,7H,1-2,5-6H2,(H,17,18)/t7-/m0/s1. The molecule has 7 heteroatoms. The molecule has 1 aromatic heterocycles. The van der Waals surface area contributed by atoms with Crippen LogP contribution < -0.4 is 0 Å². The molecular weight excluding hydrogens is 258 g/mol. The van der Waals surface area contributed by atoms with Gasteiger partial charge in [0.15, 0.2) is 10.8 Å². The fraction of sp³-hybridized carbons (Fsp3) is 0.455. The zero-order valence-electron chi connectivity index (χ0n) is 9.54. The van der Waals surface area contributed by atoms with Gasteiger partial charge in [0, 0.05) is 13.1 Å². The number of hydrogen-bond donors (Lipinski definition) is 1. The summed E-state index contributed by atoms with van der Waals surface area (Å²) >= 11 is 5.59. The lowest BCUT2D eigenvalue weighted by Crippen LogP contribution is -2.42. The first-order valence-electron chi connectivity index (χ1n) is 5.59. The maximum Gasteiger partial charge on any atom is 0.308 e. The van der Waals surface area contributed by atoms with E-state index in [-0.39, 0.29) is 23.3 Å². The summed E-state index contributed by atoms with van der Waals surface area (Å²) in [5.74, 6) is -1.66. The third kappa shape index (κ3) is 2.76. The van der Waals surface area contributed by atoms with Gasteiger partial charge in [0.05, 0.1) is 5.92 Å². The molecule has 18 heavy (non-hydrogen) atoms. The first kappa shape index (κ1) is 12.8. The lowest BCUT2D eigenvalue weighted by Gasteiger charge is -2.30. The number of carbonyl (C=O) groups excluding carboxylic acids is 1. The van der Waals surface area contributed by atoms with Crippen LogP contribution in [-0.2, 0) is 4.79 Å². The Labute approximate surface area is 109 Å². The smallest absolute Gasteiger partial charge is 0.308 e. The van der Waals surface area contributed by atoms with Crippen molar-refractivity contribution in [3.63, 3.8) is 0 Å². The molecule has 1 amide bonds. The summed E-state index contributed by atoms with van der Waals surface area (Å²) in [6, 6.07) is 2.97. The van der Waals surface area contributed by atoms with Crippen molar-refractivity contribution in [2.24, 2.45) is 5.92 Å². The summed E-state index contributed by atoms with van der Waals surface area (Å²) in [4.78, 5) is 24.5. The van der Waals surface area contributed by atoms with Crippen LogP contribution in [0.4, 0.5) is 0 Å². The molecule has 1 aliphatic heterocycles. The van der Waals surface area contributed by atoms with Crippen LogP contribution in [0.3, 0.4) is 0 Å². The second-order valence-corrected chi connectivity index (χ2v) is 4.56. The summed E-state index contributed by atoms with van der Waals surface area (Å²) in [5.41, 5.74) is 0.186. The van der Waals surface area contributed by atoms with E-state index in [2.05, 4.69) is 10.2 Å². The number of nitrogens with zero attached hydrogens (tertiary/aromatic N) is 3. The van der Waals surface area contributed by atoms with Gasteiger partial charge in [-0.1, -0.05) is 11.6 Å². The number of amides is 1. The van der Waals surface area contributed by atoms with E-state index in [1.165, 1.54) is 17.0 Å². The molecule has 2 rings (SSSR count). The number of rotatable bonds is 2. The zero-order valence-corrected chi connectivity index (χ0v) is 10.3. The van der Waals surface area contributed by atoms with Gasteiger partial charge in [-0.25, -0.2) is 0 Å². The molecule has 1 fully saturated rings. The number of aliphatic carboxylic acids is 1. The summed E-state index contributed by atoms with van der Waals surface area (Å²) in [6.45, 7) is 0.769. The van der Waals surface area contributed by atoms with Crippen molar-refractivity contribution in [2.45, 2.75) is 12.8 Å². The van der Waals surface area contributed by atoms with Crippen LogP contribution in [0.15, 0.2) is 12.1 Å². The molecule has 1 saturated heterocycles. The fourth-order valence-corrected chi connectivity index (χ4v) is 2.06. The highest BCUT2D eigenvalue weighted by Gasteiger charge is 2.29. The summed E-state index contributed by atoms with van der Waals surface area (Å²) in [5, 5.41) is 16.5. The predicted octanol–water partition coefficient (Wildman–Crippen LogP) is 1.07. The van der Waals surface area contributed by atoms with Crippen molar-refractivity contribution in [1.82, 2.24) is 15.1 Å². The number of halogens is 1. The van der Waals surface area contributed by atoms with Gasteiger partial charge in [0.2, 0.25) is 0 Å². The number of carboxylic acid groups (broad SMARTS) is 1. The van der Waals surface area contributed by atoms with Crippen LogP contribution in [0.25, 0.3) is 0 Å². The van der Waals surface area contributed by atoms with E-state index in [4.69, 9.17) is 16.7 Å². The van der Waals surface area contributed by atoms with Gasteiger partial charge in [-0.05, 0) is 25.0 Å². The van der Waals surface area contributed by atoms with Gasteiger partial charge in [-0.3, -0.25) is 9.59 Å². The molecule has 1 aliphatic rings. The van der Waals surface area contributed by atoms with E-state index in [9.17, 15) is 9.59 Å². The molecule has 1 aromatic rings. The molecule has 0 unspecified atom stereocenters. The number of aromatic nitrogens is 2. The zero-order chi connectivity index (χ0) is 13.1. The minimum absolute atomic E-state index is 0.186. The van der Waals surface area contributed by atoms with Crippen molar-refractivity contribution in [3.05, 3.63) is 23.0 Å². The largest absolute Gasteiger partial charge is 0.481 e. The van der Waals surface area contributed by atoms with Crippen LogP contribution in [-0.4, -0.2) is 45.2 Å². The van der Waals surface area contributed by atoms with Gasteiger partial charge in [0.1, 0.15) is 0 Å². The van der Waals surface area contributed by atoms with Gasteiger partial charge in [0.25, 0.3) is 5.91 Å². The Kier molecular flexibility index (Phi) is 3.76. The average Bonchev–Trinajstić information content (AvgIpc) is 2.39. The van der Waals surface area contributed by atoms with E-state index < -0.39 is 11.9 Å². The number of carbonyl (C=O) groups is 2. The molecule has 0 radical (unpaired) electrons. The van der Waals surface area contributed by atoms with Crippen LogP contribution in [0.1, 0.15) is 23.3 Å². The van der Waals surface area contributed by atoms with Gasteiger partial charge < -0.3 is 10.0 Å². The van der Waals surface area contributed by atoms with Gasteiger partial charge >= 0.3 is 5.97 Å². The average molecular weight is 270 g/mol. The van der Waals surface area contributed by atoms with Crippen LogP contribution in [0.5, 0.6) is 0 Å². The number of likely N-dealkylation sites (tertiary alicyclic amines) is 1. The minimum atomic E-state index is -0.866. The van der Waals surface area contributed by atoms with Crippen LogP contribution in [0.2, 0.25) is 5.15 Å². The SMILES string of the molecule is O=C(O)[C@H]1CCCN(C(=O)c2ccc(Cl)nn2)C1. The monoisotopic (exact) mass is 269 g/mol. The quantitative estimate of drug-likeness (QED) is 0.868. The normalized spacial score (nSPS) is 19.6. The van der Waals surface area contributed by atoms with Crippen molar-refractivity contribution >= 4 is 23.5 Å². The fourth-order valence-electron chi connectivity index (χ4n) is 1.96. The molecule has 0 aromatic carbocycles. The highest BCUT2D eigenvalue weighted by atomic mass is 35.5. The lowest BCUT2D eigenvalue weighted by atomic mass is 9.98.